The summed E-state index contributed by atoms with van der Waals surface area (Å²) in [6, 6.07) is 6.09. The van der Waals surface area contributed by atoms with Crippen molar-refractivity contribution in [2.24, 2.45) is 0 Å². The third-order valence-corrected chi connectivity index (χ3v) is 4.94. The van der Waals surface area contributed by atoms with E-state index < -0.39 is 0 Å². The molecule has 5 heteroatoms. The molecule has 3 nitrogen and oxygen atoms in total. The summed E-state index contributed by atoms with van der Waals surface area (Å²) in [4.78, 5) is 2.46. The maximum absolute atomic E-state index is 6.36. The number of likely N-dealkylation sites (tertiary alicyclic amines) is 1. The fourth-order valence-electron chi connectivity index (χ4n) is 2.91. The lowest BCUT2D eigenvalue weighted by atomic mass is 10.0. The van der Waals surface area contributed by atoms with E-state index in [0.29, 0.717) is 16.1 Å². The molecule has 1 aromatic rings. The highest BCUT2D eigenvalue weighted by Gasteiger charge is 2.23. The lowest BCUT2D eigenvalue weighted by Gasteiger charge is -2.23. The summed E-state index contributed by atoms with van der Waals surface area (Å²) in [5.41, 5.74) is 1.09. The van der Waals surface area contributed by atoms with E-state index in [-0.39, 0.29) is 6.04 Å². The van der Waals surface area contributed by atoms with E-state index in [1.807, 2.05) is 12.1 Å². The van der Waals surface area contributed by atoms with E-state index in [1.165, 1.54) is 0 Å². The predicted molar refractivity (Wildman–Crippen MR) is 89.4 cm³/mol. The van der Waals surface area contributed by atoms with Gasteiger partial charge in [0.25, 0.3) is 0 Å². The summed E-state index contributed by atoms with van der Waals surface area (Å²) in [5.74, 6) is 0. The van der Waals surface area contributed by atoms with Crippen LogP contribution in [0, 0.1) is 0 Å². The van der Waals surface area contributed by atoms with Gasteiger partial charge in [0, 0.05) is 32.8 Å². The Morgan fingerprint density at radius 1 is 1.43 bits per heavy atom. The molecule has 2 rings (SSSR count). The van der Waals surface area contributed by atoms with Gasteiger partial charge in [-0.2, -0.15) is 0 Å². The largest absolute Gasteiger partial charge is 0.380 e. The molecule has 0 spiro atoms. The summed E-state index contributed by atoms with van der Waals surface area (Å²) >= 11 is 12.5. The monoisotopic (exact) mass is 330 g/mol. The Morgan fingerprint density at radius 2 is 2.24 bits per heavy atom. The SMILES string of the molecule is CCNC(CCN1CCC(OC)C1)c1cccc(Cl)c1Cl. The molecule has 0 bridgehead atoms. The van der Waals surface area contributed by atoms with Gasteiger partial charge in [-0.05, 0) is 31.0 Å². The molecule has 1 aromatic carbocycles. The van der Waals surface area contributed by atoms with Gasteiger partial charge in [-0.25, -0.2) is 0 Å². The highest BCUT2D eigenvalue weighted by atomic mass is 35.5. The minimum Gasteiger partial charge on any atom is -0.380 e. The summed E-state index contributed by atoms with van der Waals surface area (Å²) in [6.45, 7) is 6.20. The molecule has 1 heterocycles. The lowest BCUT2D eigenvalue weighted by molar-refractivity contribution is 0.107. The number of methoxy groups -OCH3 is 1. The fraction of sp³-hybridized carbons (Fsp3) is 0.625. The van der Waals surface area contributed by atoms with Crippen molar-refractivity contribution < 1.29 is 4.74 Å². The van der Waals surface area contributed by atoms with Gasteiger partial charge in [-0.15, -0.1) is 0 Å². The molecule has 2 unspecified atom stereocenters. The van der Waals surface area contributed by atoms with E-state index in [2.05, 4.69) is 23.2 Å². The first-order valence-electron chi connectivity index (χ1n) is 7.58. The van der Waals surface area contributed by atoms with Crippen LogP contribution in [0.1, 0.15) is 31.4 Å². The lowest BCUT2D eigenvalue weighted by Crippen LogP contribution is -2.29. The van der Waals surface area contributed by atoms with Crippen molar-refractivity contribution >= 4 is 23.2 Å². The molecule has 0 amide bonds. The van der Waals surface area contributed by atoms with Crippen LogP contribution >= 0.6 is 23.2 Å². The van der Waals surface area contributed by atoms with Crippen molar-refractivity contribution in [2.75, 3.05) is 33.3 Å². The van der Waals surface area contributed by atoms with Crippen molar-refractivity contribution in [1.82, 2.24) is 10.2 Å². The third-order valence-electron chi connectivity index (χ3n) is 4.10. The van der Waals surface area contributed by atoms with Crippen LogP contribution in [0.25, 0.3) is 0 Å². The number of benzene rings is 1. The first-order valence-corrected chi connectivity index (χ1v) is 8.33. The Hall–Kier alpha value is -0.320. The van der Waals surface area contributed by atoms with Gasteiger partial charge in [0.05, 0.1) is 16.1 Å². The number of nitrogens with one attached hydrogen (secondary N) is 1. The second-order valence-corrected chi connectivity index (χ2v) is 6.27. The Balaban J connectivity index is 1.98. The Labute approximate surface area is 137 Å². The average molecular weight is 331 g/mol. The Kier molecular flexibility index (Phi) is 6.77. The van der Waals surface area contributed by atoms with Crippen molar-refractivity contribution in [3.05, 3.63) is 33.8 Å². The third kappa shape index (κ3) is 4.57. The second-order valence-electron chi connectivity index (χ2n) is 5.49. The number of ether oxygens (including phenoxy) is 1. The van der Waals surface area contributed by atoms with Crippen LogP contribution in [0.2, 0.25) is 10.0 Å². The van der Waals surface area contributed by atoms with Gasteiger partial charge in [0.2, 0.25) is 0 Å². The first kappa shape index (κ1) is 17.0. The average Bonchev–Trinajstić information content (AvgIpc) is 2.95. The van der Waals surface area contributed by atoms with Crippen LogP contribution in [0.4, 0.5) is 0 Å². The van der Waals surface area contributed by atoms with Gasteiger partial charge in [-0.3, -0.25) is 0 Å². The van der Waals surface area contributed by atoms with Gasteiger partial charge in [0.15, 0.2) is 0 Å². The van der Waals surface area contributed by atoms with E-state index in [0.717, 1.165) is 44.6 Å². The fourth-order valence-corrected chi connectivity index (χ4v) is 3.35. The van der Waals surface area contributed by atoms with Gasteiger partial charge in [-0.1, -0.05) is 42.3 Å². The zero-order chi connectivity index (χ0) is 15.2. The van der Waals surface area contributed by atoms with Crippen molar-refractivity contribution in [3.63, 3.8) is 0 Å². The summed E-state index contributed by atoms with van der Waals surface area (Å²) in [6.07, 6.45) is 2.53. The molecule has 0 aliphatic carbocycles. The molecule has 118 valence electrons. The van der Waals surface area contributed by atoms with Crippen LogP contribution in [0.15, 0.2) is 18.2 Å². The van der Waals surface area contributed by atoms with E-state index in [1.54, 1.807) is 7.11 Å². The molecule has 1 saturated heterocycles. The van der Waals surface area contributed by atoms with Crippen LogP contribution in [0.3, 0.4) is 0 Å². The molecule has 1 N–H and O–H groups in total. The van der Waals surface area contributed by atoms with E-state index >= 15 is 0 Å². The minimum atomic E-state index is 0.239. The maximum Gasteiger partial charge on any atom is 0.0710 e. The highest BCUT2D eigenvalue weighted by molar-refractivity contribution is 6.42. The number of hydrogen-bond donors (Lipinski definition) is 1. The molecule has 21 heavy (non-hydrogen) atoms. The second kappa shape index (κ2) is 8.35. The normalized spacial score (nSPS) is 20.9. The Morgan fingerprint density at radius 3 is 2.90 bits per heavy atom. The van der Waals surface area contributed by atoms with Crippen LogP contribution in [-0.2, 0) is 4.74 Å². The molecular weight excluding hydrogens is 307 g/mol. The predicted octanol–water partition coefficient (Wildman–Crippen LogP) is 3.75. The summed E-state index contributed by atoms with van der Waals surface area (Å²) in [5, 5.41) is 4.81. The number of nitrogens with zero attached hydrogens (tertiary/aromatic N) is 1. The minimum absolute atomic E-state index is 0.239. The molecule has 0 aromatic heterocycles. The van der Waals surface area contributed by atoms with Crippen molar-refractivity contribution in [1.29, 1.82) is 0 Å². The molecular formula is C16H24Cl2N2O. The molecule has 0 radical (unpaired) electrons. The van der Waals surface area contributed by atoms with Gasteiger partial charge < -0.3 is 15.0 Å². The standard InChI is InChI=1S/C16H24Cl2N2O/c1-3-19-15(13-5-4-6-14(17)16(13)18)8-10-20-9-7-12(11-20)21-2/h4-6,12,15,19H,3,7-11H2,1-2H3. The molecule has 0 saturated carbocycles. The molecule has 1 fully saturated rings. The number of rotatable bonds is 7. The van der Waals surface area contributed by atoms with E-state index in [9.17, 15) is 0 Å². The Bertz CT molecular complexity index is 456. The molecule has 1 aliphatic heterocycles. The van der Waals surface area contributed by atoms with Gasteiger partial charge in [0.1, 0.15) is 0 Å². The smallest absolute Gasteiger partial charge is 0.0710 e. The summed E-state index contributed by atoms with van der Waals surface area (Å²) < 4.78 is 5.42. The van der Waals surface area contributed by atoms with Crippen molar-refractivity contribution in [2.45, 2.75) is 31.9 Å². The number of hydrogen-bond acceptors (Lipinski definition) is 3. The van der Waals surface area contributed by atoms with Crippen LogP contribution < -0.4 is 5.32 Å². The zero-order valence-corrected chi connectivity index (χ0v) is 14.3. The van der Waals surface area contributed by atoms with Crippen LogP contribution in [0.5, 0.6) is 0 Å². The zero-order valence-electron chi connectivity index (χ0n) is 12.7. The number of halogens is 2. The topological polar surface area (TPSA) is 24.5 Å². The highest BCUT2D eigenvalue weighted by Crippen LogP contribution is 2.31. The summed E-state index contributed by atoms with van der Waals surface area (Å²) in [7, 11) is 1.79. The molecule has 1 aliphatic rings. The quantitative estimate of drug-likeness (QED) is 0.823. The molecule has 2 atom stereocenters. The van der Waals surface area contributed by atoms with E-state index in [4.69, 9.17) is 27.9 Å². The maximum atomic E-state index is 6.36. The van der Waals surface area contributed by atoms with Crippen LogP contribution in [-0.4, -0.2) is 44.3 Å². The van der Waals surface area contributed by atoms with Crippen molar-refractivity contribution in [3.8, 4) is 0 Å². The van der Waals surface area contributed by atoms with Gasteiger partial charge >= 0.3 is 0 Å². The first-order chi connectivity index (χ1) is 10.2.